The summed E-state index contributed by atoms with van der Waals surface area (Å²) in [6, 6.07) is 6.26. The first kappa shape index (κ1) is 10.5. The van der Waals surface area contributed by atoms with Crippen LogP contribution in [0.2, 0.25) is 5.02 Å². The minimum absolute atomic E-state index is 0.308. The lowest BCUT2D eigenvalue weighted by molar-refractivity contribution is 0.0937. The van der Waals surface area contributed by atoms with Gasteiger partial charge in [-0.05, 0) is 18.2 Å². The molecule has 1 aromatic carbocycles. The molecule has 0 fully saturated rings. The van der Waals surface area contributed by atoms with Crippen molar-refractivity contribution >= 4 is 23.6 Å². The van der Waals surface area contributed by atoms with Gasteiger partial charge in [0.05, 0.1) is 7.11 Å². The van der Waals surface area contributed by atoms with Gasteiger partial charge < -0.3 is 4.74 Å². The van der Waals surface area contributed by atoms with E-state index in [1.807, 2.05) is 5.32 Å². The van der Waals surface area contributed by atoms with Crippen molar-refractivity contribution in [2.45, 2.75) is 0 Å². The molecule has 0 radical (unpaired) electrons. The Labute approximate surface area is 85.8 Å². The standard InChI is InChI=1S/C9H8ClNO3/c1-14-9(13)11-8(12)6-3-2-4-7(10)5-6/h2-5H,1H3,(H,11,12,13). The number of hydrogen-bond donors (Lipinski definition) is 1. The molecule has 0 atom stereocenters. The number of benzene rings is 1. The molecule has 5 heteroatoms. The van der Waals surface area contributed by atoms with Crippen LogP contribution in [-0.4, -0.2) is 19.1 Å². The van der Waals surface area contributed by atoms with Gasteiger partial charge in [0, 0.05) is 10.6 Å². The van der Waals surface area contributed by atoms with Gasteiger partial charge in [-0.1, -0.05) is 17.7 Å². The maximum Gasteiger partial charge on any atom is 0.413 e. The van der Waals surface area contributed by atoms with E-state index in [4.69, 9.17) is 11.6 Å². The van der Waals surface area contributed by atoms with E-state index in [1.54, 1.807) is 18.2 Å². The number of nitrogens with one attached hydrogen (secondary N) is 1. The van der Waals surface area contributed by atoms with E-state index in [1.165, 1.54) is 13.2 Å². The highest BCUT2D eigenvalue weighted by atomic mass is 35.5. The summed E-state index contributed by atoms with van der Waals surface area (Å²) >= 11 is 5.66. The molecule has 0 saturated carbocycles. The first-order chi connectivity index (χ1) is 6.63. The second-order valence-electron chi connectivity index (χ2n) is 2.46. The molecular weight excluding hydrogens is 206 g/mol. The third-order valence-corrected chi connectivity index (χ3v) is 1.72. The van der Waals surface area contributed by atoms with Crippen LogP contribution in [0.4, 0.5) is 4.79 Å². The van der Waals surface area contributed by atoms with Crippen LogP contribution in [-0.2, 0) is 4.74 Å². The number of carbonyl (C=O) groups is 2. The smallest absolute Gasteiger partial charge is 0.413 e. The van der Waals surface area contributed by atoms with Gasteiger partial charge in [-0.25, -0.2) is 4.79 Å². The number of halogens is 1. The van der Waals surface area contributed by atoms with Gasteiger partial charge in [0.25, 0.3) is 5.91 Å². The van der Waals surface area contributed by atoms with Gasteiger partial charge in [-0.15, -0.1) is 0 Å². The van der Waals surface area contributed by atoms with Crippen LogP contribution in [0, 0.1) is 0 Å². The van der Waals surface area contributed by atoms with E-state index >= 15 is 0 Å². The van der Waals surface area contributed by atoms with Gasteiger partial charge in [0.2, 0.25) is 0 Å². The highest BCUT2D eigenvalue weighted by Gasteiger charge is 2.09. The number of amides is 2. The third kappa shape index (κ3) is 2.74. The molecule has 0 aliphatic rings. The summed E-state index contributed by atoms with van der Waals surface area (Å²) in [6.45, 7) is 0. The first-order valence-electron chi connectivity index (χ1n) is 3.78. The van der Waals surface area contributed by atoms with Crippen LogP contribution in [0.15, 0.2) is 24.3 Å². The molecule has 1 N–H and O–H groups in total. The second kappa shape index (κ2) is 4.62. The summed E-state index contributed by atoms with van der Waals surface area (Å²) in [5.74, 6) is -0.542. The number of rotatable bonds is 1. The molecule has 4 nitrogen and oxygen atoms in total. The van der Waals surface area contributed by atoms with Crippen LogP contribution in [0.5, 0.6) is 0 Å². The Balaban J connectivity index is 2.75. The zero-order valence-electron chi connectivity index (χ0n) is 7.41. The Bertz CT molecular complexity index is 365. The Morgan fingerprint density at radius 2 is 2.14 bits per heavy atom. The van der Waals surface area contributed by atoms with Crippen LogP contribution in [0.1, 0.15) is 10.4 Å². The zero-order chi connectivity index (χ0) is 10.6. The molecular formula is C9H8ClNO3. The number of alkyl carbamates (subject to hydrolysis) is 1. The Morgan fingerprint density at radius 3 is 2.71 bits per heavy atom. The topological polar surface area (TPSA) is 55.4 Å². The van der Waals surface area contributed by atoms with Crippen molar-refractivity contribution in [3.63, 3.8) is 0 Å². The average Bonchev–Trinajstić information content (AvgIpc) is 2.17. The van der Waals surface area contributed by atoms with Gasteiger partial charge in [-0.2, -0.15) is 0 Å². The maximum absolute atomic E-state index is 11.3. The molecule has 2 amide bonds. The number of methoxy groups -OCH3 is 1. The predicted octanol–water partition coefficient (Wildman–Crippen LogP) is 1.84. The fourth-order valence-corrected chi connectivity index (χ4v) is 1.04. The van der Waals surface area contributed by atoms with Crippen LogP contribution < -0.4 is 5.32 Å². The molecule has 0 unspecified atom stereocenters. The zero-order valence-corrected chi connectivity index (χ0v) is 8.17. The molecule has 14 heavy (non-hydrogen) atoms. The van der Waals surface area contributed by atoms with E-state index in [9.17, 15) is 9.59 Å². The molecule has 0 aliphatic heterocycles. The summed E-state index contributed by atoms with van der Waals surface area (Å²) < 4.78 is 4.27. The molecule has 0 aromatic heterocycles. The minimum Gasteiger partial charge on any atom is -0.453 e. The van der Waals surface area contributed by atoms with Crippen LogP contribution in [0.3, 0.4) is 0 Å². The highest BCUT2D eigenvalue weighted by molar-refractivity contribution is 6.31. The lowest BCUT2D eigenvalue weighted by Gasteiger charge is -2.02. The minimum atomic E-state index is -0.796. The van der Waals surface area contributed by atoms with E-state index < -0.39 is 12.0 Å². The lowest BCUT2D eigenvalue weighted by Crippen LogP contribution is -2.30. The van der Waals surface area contributed by atoms with Crippen molar-refractivity contribution in [1.29, 1.82) is 0 Å². The largest absolute Gasteiger partial charge is 0.453 e. The predicted molar refractivity (Wildman–Crippen MR) is 51.3 cm³/mol. The van der Waals surface area contributed by atoms with Gasteiger partial charge in [0.1, 0.15) is 0 Å². The molecule has 0 heterocycles. The third-order valence-electron chi connectivity index (χ3n) is 1.49. The Kier molecular flexibility index (Phi) is 3.48. The van der Waals surface area contributed by atoms with Crippen LogP contribution >= 0.6 is 11.6 Å². The molecule has 1 rings (SSSR count). The van der Waals surface area contributed by atoms with Crippen molar-refractivity contribution in [3.8, 4) is 0 Å². The number of carbonyl (C=O) groups excluding carboxylic acids is 2. The molecule has 0 saturated heterocycles. The van der Waals surface area contributed by atoms with E-state index in [0.29, 0.717) is 10.6 Å². The van der Waals surface area contributed by atoms with Crippen molar-refractivity contribution in [2.24, 2.45) is 0 Å². The fraction of sp³-hybridized carbons (Fsp3) is 0.111. The van der Waals surface area contributed by atoms with E-state index in [2.05, 4.69) is 4.74 Å². The molecule has 0 bridgehead atoms. The van der Waals surface area contributed by atoms with E-state index in [-0.39, 0.29) is 0 Å². The Morgan fingerprint density at radius 1 is 1.43 bits per heavy atom. The molecule has 0 spiro atoms. The van der Waals surface area contributed by atoms with E-state index in [0.717, 1.165) is 0 Å². The van der Waals surface area contributed by atoms with Gasteiger partial charge in [0.15, 0.2) is 0 Å². The van der Waals surface area contributed by atoms with Crippen molar-refractivity contribution in [3.05, 3.63) is 34.9 Å². The van der Waals surface area contributed by atoms with Crippen molar-refractivity contribution < 1.29 is 14.3 Å². The average molecular weight is 214 g/mol. The molecule has 74 valence electrons. The number of hydrogen-bond acceptors (Lipinski definition) is 3. The first-order valence-corrected chi connectivity index (χ1v) is 4.16. The fourth-order valence-electron chi connectivity index (χ4n) is 0.846. The van der Waals surface area contributed by atoms with Crippen molar-refractivity contribution in [1.82, 2.24) is 5.32 Å². The quantitative estimate of drug-likeness (QED) is 0.775. The summed E-state index contributed by atoms with van der Waals surface area (Å²) in [5.41, 5.74) is 0.308. The van der Waals surface area contributed by atoms with Crippen molar-refractivity contribution in [2.75, 3.05) is 7.11 Å². The number of imide groups is 1. The summed E-state index contributed by atoms with van der Waals surface area (Å²) in [7, 11) is 1.18. The van der Waals surface area contributed by atoms with Crippen LogP contribution in [0.25, 0.3) is 0 Å². The Hall–Kier alpha value is -1.55. The normalized spacial score (nSPS) is 9.29. The van der Waals surface area contributed by atoms with Gasteiger partial charge in [-0.3, -0.25) is 10.1 Å². The maximum atomic E-state index is 11.3. The second-order valence-corrected chi connectivity index (χ2v) is 2.89. The summed E-state index contributed by atoms with van der Waals surface area (Å²) in [6.07, 6.45) is -0.796. The number of ether oxygens (including phenoxy) is 1. The monoisotopic (exact) mass is 213 g/mol. The summed E-state index contributed by atoms with van der Waals surface area (Å²) in [4.78, 5) is 22.0. The highest BCUT2D eigenvalue weighted by Crippen LogP contribution is 2.10. The SMILES string of the molecule is COC(=O)NC(=O)c1cccc(Cl)c1. The molecule has 1 aromatic rings. The molecule has 0 aliphatic carbocycles. The van der Waals surface area contributed by atoms with Gasteiger partial charge >= 0.3 is 6.09 Å². The lowest BCUT2D eigenvalue weighted by atomic mass is 10.2. The summed E-state index contributed by atoms with van der Waals surface area (Å²) in [5, 5.41) is 2.45.